The molecule has 1 saturated carbocycles. The van der Waals surface area contributed by atoms with Gasteiger partial charge in [-0.25, -0.2) is 0 Å². The second-order valence-electron chi connectivity index (χ2n) is 3.84. The number of carbonyl (C=O) groups is 1. The summed E-state index contributed by atoms with van der Waals surface area (Å²) >= 11 is 0. The van der Waals surface area contributed by atoms with E-state index in [1.807, 2.05) is 6.92 Å². The van der Waals surface area contributed by atoms with Crippen molar-refractivity contribution in [2.75, 3.05) is 6.54 Å². The van der Waals surface area contributed by atoms with E-state index in [0.717, 1.165) is 13.0 Å². The lowest BCUT2D eigenvalue weighted by Gasteiger charge is -2.12. The van der Waals surface area contributed by atoms with Gasteiger partial charge in [0.1, 0.15) is 5.54 Å². The van der Waals surface area contributed by atoms with Crippen LogP contribution in [0.3, 0.4) is 0 Å². The van der Waals surface area contributed by atoms with Gasteiger partial charge in [-0.2, -0.15) is 0 Å². The van der Waals surface area contributed by atoms with Crippen molar-refractivity contribution in [2.24, 2.45) is 5.92 Å². The van der Waals surface area contributed by atoms with Crippen molar-refractivity contribution in [1.29, 1.82) is 0 Å². The molecule has 0 aromatic heterocycles. The van der Waals surface area contributed by atoms with E-state index in [9.17, 15) is 4.79 Å². The minimum atomic E-state index is -0.630. The fourth-order valence-electron chi connectivity index (χ4n) is 2.02. The number of hydrogen-bond donors (Lipinski definition) is 1. The second kappa shape index (κ2) is 1.78. The average Bonchev–Trinajstić information content (AvgIpc) is 2.71. The molecule has 1 heterocycles. The highest BCUT2D eigenvalue weighted by atomic mass is 16.4. The summed E-state index contributed by atoms with van der Waals surface area (Å²) in [4.78, 5) is 13.0. The zero-order valence-electron chi connectivity index (χ0n) is 6.87. The van der Waals surface area contributed by atoms with E-state index in [0.29, 0.717) is 12.0 Å². The Kier molecular flexibility index (Phi) is 1.15. The van der Waals surface area contributed by atoms with Crippen LogP contribution in [0.25, 0.3) is 0 Å². The molecule has 11 heavy (non-hydrogen) atoms. The molecule has 0 spiro atoms. The van der Waals surface area contributed by atoms with Crippen LogP contribution >= 0.6 is 0 Å². The van der Waals surface area contributed by atoms with Crippen LogP contribution in [-0.4, -0.2) is 34.1 Å². The third kappa shape index (κ3) is 0.745. The summed E-state index contributed by atoms with van der Waals surface area (Å²) in [7, 11) is 0. The standard InChI is InChI=1S/C8H13NO2/c1-5-3-8(5,7(10)11)9-4-6(9)2/h5-6H,3-4H2,1-2H3,(H,10,11)/t5?,6?,8-,9?/m1/s1. The normalized spacial score (nSPS) is 53.8. The van der Waals surface area contributed by atoms with E-state index in [-0.39, 0.29) is 0 Å². The summed E-state index contributed by atoms with van der Waals surface area (Å²) in [6.45, 7) is 5.06. The molecule has 62 valence electrons. The molecule has 1 aliphatic heterocycles. The first-order chi connectivity index (χ1) is 5.09. The van der Waals surface area contributed by atoms with Crippen LogP contribution in [0.2, 0.25) is 0 Å². The Morgan fingerprint density at radius 1 is 1.64 bits per heavy atom. The van der Waals surface area contributed by atoms with Crippen molar-refractivity contribution in [2.45, 2.75) is 31.8 Å². The Morgan fingerprint density at radius 2 is 2.09 bits per heavy atom. The number of hydrogen-bond acceptors (Lipinski definition) is 2. The summed E-state index contributed by atoms with van der Waals surface area (Å²) < 4.78 is 0. The molecule has 2 rings (SSSR count). The van der Waals surface area contributed by atoms with Crippen LogP contribution < -0.4 is 0 Å². The maximum Gasteiger partial charge on any atom is 0.324 e. The third-order valence-electron chi connectivity index (χ3n) is 3.01. The number of rotatable bonds is 2. The molecule has 0 aromatic rings. The van der Waals surface area contributed by atoms with Crippen molar-refractivity contribution >= 4 is 5.97 Å². The minimum Gasteiger partial charge on any atom is -0.480 e. The summed E-state index contributed by atoms with van der Waals surface area (Å²) in [5.41, 5.74) is -0.459. The molecular formula is C8H13NO2. The van der Waals surface area contributed by atoms with E-state index in [4.69, 9.17) is 5.11 Å². The number of carboxylic acids is 1. The van der Waals surface area contributed by atoms with Gasteiger partial charge in [0.25, 0.3) is 0 Å². The molecule has 2 aliphatic rings. The van der Waals surface area contributed by atoms with Gasteiger partial charge >= 0.3 is 5.97 Å². The average molecular weight is 155 g/mol. The number of carboxylic acid groups (broad SMARTS) is 1. The highest BCUT2D eigenvalue weighted by Crippen LogP contribution is 2.53. The minimum absolute atomic E-state index is 0.352. The fourth-order valence-corrected chi connectivity index (χ4v) is 2.02. The number of nitrogens with zero attached hydrogens (tertiary/aromatic N) is 1. The SMILES string of the molecule is CC1CN1[C@]1(C(=O)O)CC1C. The van der Waals surface area contributed by atoms with Crippen molar-refractivity contribution in [1.82, 2.24) is 4.90 Å². The smallest absolute Gasteiger partial charge is 0.324 e. The molecule has 3 nitrogen and oxygen atoms in total. The Morgan fingerprint density at radius 3 is 2.18 bits per heavy atom. The van der Waals surface area contributed by atoms with Gasteiger partial charge in [-0.3, -0.25) is 9.69 Å². The highest BCUT2D eigenvalue weighted by molar-refractivity contribution is 5.83. The summed E-state index contributed by atoms with van der Waals surface area (Å²) in [6, 6.07) is 0.496. The molecule has 0 radical (unpaired) electrons. The Balaban J connectivity index is 2.14. The zero-order chi connectivity index (χ0) is 8.22. The molecular weight excluding hydrogens is 142 g/mol. The predicted molar refractivity (Wildman–Crippen MR) is 40.3 cm³/mol. The molecule has 1 saturated heterocycles. The van der Waals surface area contributed by atoms with Gasteiger partial charge in [-0.15, -0.1) is 0 Å². The maximum absolute atomic E-state index is 10.9. The lowest BCUT2D eigenvalue weighted by Crippen LogP contribution is -2.34. The highest BCUT2D eigenvalue weighted by Gasteiger charge is 2.66. The van der Waals surface area contributed by atoms with Crippen molar-refractivity contribution in [3.8, 4) is 0 Å². The predicted octanol–water partition coefficient (Wildman–Crippen LogP) is 0.554. The summed E-state index contributed by atoms with van der Waals surface area (Å²) in [5, 5.41) is 8.96. The van der Waals surface area contributed by atoms with Gasteiger partial charge in [0.2, 0.25) is 0 Å². The fraction of sp³-hybridized carbons (Fsp3) is 0.875. The Bertz CT molecular complexity index is 216. The first-order valence-corrected chi connectivity index (χ1v) is 4.09. The van der Waals surface area contributed by atoms with Crippen LogP contribution in [0.15, 0.2) is 0 Å². The first kappa shape index (κ1) is 7.10. The van der Waals surface area contributed by atoms with Gasteiger partial charge in [-0.05, 0) is 19.3 Å². The van der Waals surface area contributed by atoms with Crippen LogP contribution in [0.1, 0.15) is 20.3 Å². The van der Waals surface area contributed by atoms with E-state index in [2.05, 4.69) is 11.8 Å². The quantitative estimate of drug-likeness (QED) is 0.592. The van der Waals surface area contributed by atoms with E-state index in [1.54, 1.807) is 0 Å². The van der Waals surface area contributed by atoms with Gasteiger partial charge in [0, 0.05) is 12.6 Å². The Hall–Kier alpha value is -0.570. The molecule has 2 fully saturated rings. The van der Waals surface area contributed by atoms with Gasteiger partial charge < -0.3 is 5.11 Å². The second-order valence-corrected chi connectivity index (χ2v) is 3.84. The molecule has 3 heteroatoms. The lowest BCUT2D eigenvalue weighted by molar-refractivity contribution is -0.143. The topological polar surface area (TPSA) is 40.3 Å². The Labute approximate surface area is 66.0 Å². The number of aliphatic carboxylic acids is 1. The van der Waals surface area contributed by atoms with Crippen molar-refractivity contribution in [3.05, 3.63) is 0 Å². The van der Waals surface area contributed by atoms with E-state index in [1.165, 1.54) is 0 Å². The van der Waals surface area contributed by atoms with Crippen LogP contribution in [0, 0.1) is 5.92 Å². The molecule has 4 atom stereocenters. The van der Waals surface area contributed by atoms with Crippen LogP contribution in [0.4, 0.5) is 0 Å². The van der Waals surface area contributed by atoms with Crippen LogP contribution in [-0.2, 0) is 4.79 Å². The lowest BCUT2D eigenvalue weighted by atomic mass is 10.2. The molecule has 1 aliphatic carbocycles. The van der Waals surface area contributed by atoms with Crippen molar-refractivity contribution < 1.29 is 9.90 Å². The molecule has 1 N–H and O–H groups in total. The summed E-state index contributed by atoms with van der Waals surface area (Å²) in [5.74, 6) is -0.278. The van der Waals surface area contributed by atoms with Crippen molar-refractivity contribution in [3.63, 3.8) is 0 Å². The van der Waals surface area contributed by atoms with Gasteiger partial charge in [0.15, 0.2) is 0 Å². The molecule has 0 bridgehead atoms. The van der Waals surface area contributed by atoms with E-state index >= 15 is 0 Å². The van der Waals surface area contributed by atoms with Gasteiger partial charge in [-0.1, -0.05) is 6.92 Å². The van der Waals surface area contributed by atoms with Gasteiger partial charge in [0.05, 0.1) is 0 Å². The zero-order valence-corrected chi connectivity index (χ0v) is 6.87. The summed E-state index contributed by atoms with van der Waals surface area (Å²) in [6.07, 6.45) is 0.840. The van der Waals surface area contributed by atoms with Crippen LogP contribution in [0.5, 0.6) is 0 Å². The van der Waals surface area contributed by atoms with E-state index < -0.39 is 11.5 Å². The largest absolute Gasteiger partial charge is 0.480 e. The molecule has 0 aromatic carbocycles. The maximum atomic E-state index is 10.9. The third-order valence-corrected chi connectivity index (χ3v) is 3.01. The monoisotopic (exact) mass is 155 g/mol. The first-order valence-electron chi connectivity index (χ1n) is 4.09. The molecule has 3 unspecified atom stereocenters. The molecule has 0 amide bonds.